The number of esters is 1. The SMILES string of the molecule is CCOC(=O)C(Br)C(=O)CC. The molecule has 0 saturated carbocycles. The molecule has 64 valence electrons. The van der Waals surface area contributed by atoms with Gasteiger partial charge in [-0.05, 0) is 6.92 Å². The van der Waals surface area contributed by atoms with Crippen molar-refractivity contribution in [3.8, 4) is 0 Å². The maximum atomic E-state index is 10.9. The van der Waals surface area contributed by atoms with E-state index in [0.717, 1.165) is 0 Å². The van der Waals surface area contributed by atoms with Crippen LogP contribution in [-0.2, 0) is 14.3 Å². The zero-order valence-electron chi connectivity index (χ0n) is 6.59. The molecule has 0 aliphatic rings. The van der Waals surface area contributed by atoms with Crippen LogP contribution in [0.4, 0.5) is 0 Å². The van der Waals surface area contributed by atoms with Gasteiger partial charge in [0, 0.05) is 6.42 Å². The van der Waals surface area contributed by atoms with Gasteiger partial charge in [0.25, 0.3) is 0 Å². The molecule has 0 aliphatic carbocycles. The van der Waals surface area contributed by atoms with Crippen LogP contribution in [-0.4, -0.2) is 23.2 Å². The van der Waals surface area contributed by atoms with Gasteiger partial charge in [0.1, 0.15) is 0 Å². The third-order valence-electron chi connectivity index (χ3n) is 1.12. The van der Waals surface area contributed by atoms with Crippen LogP contribution in [0.15, 0.2) is 0 Å². The van der Waals surface area contributed by atoms with Gasteiger partial charge in [0.05, 0.1) is 6.61 Å². The van der Waals surface area contributed by atoms with Crippen molar-refractivity contribution in [1.82, 2.24) is 0 Å². The third kappa shape index (κ3) is 3.51. The summed E-state index contributed by atoms with van der Waals surface area (Å²) in [5.41, 5.74) is 0. The van der Waals surface area contributed by atoms with E-state index in [-0.39, 0.29) is 5.78 Å². The molecule has 0 aromatic rings. The van der Waals surface area contributed by atoms with Gasteiger partial charge >= 0.3 is 5.97 Å². The topological polar surface area (TPSA) is 43.4 Å². The lowest BCUT2D eigenvalue weighted by molar-refractivity contribution is -0.144. The third-order valence-corrected chi connectivity index (χ3v) is 2.01. The minimum absolute atomic E-state index is 0.150. The van der Waals surface area contributed by atoms with E-state index in [2.05, 4.69) is 20.7 Å². The Morgan fingerprint density at radius 2 is 2.00 bits per heavy atom. The highest BCUT2D eigenvalue weighted by atomic mass is 79.9. The van der Waals surface area contributed by atoms with Crippen LogP contribution in [0.5, 0.6) is 0 Å². The number of Topliss-reactive ketones (excluding diaryl/α,β-unsaturated/α-hetero) is 1. The predicted molar refractivity (Wildman–Crippen MR) is 44.6 cm³/mol. The van der Waals surface area contributed by atoms with E-state index in [1.807, 2.05) is 0 Å². The van der Waals surface area contributed by atoms with Crippen LogP contribution in [0, 0.1) is 0 Å². The fourth-order valence-corrected chi connectivity index (χ4v) is 0.982. The maximum Gasteiger partial charge on any atom is 0.327 e. The molecule has 0 bridgehead atoms. The molecule has 1 unspecified atom stereocenters. The van der Waals surface area contributed by atoms with E-state index >= 15 is 0 Å². The second-order valence-corrected chi connectivity index (χ2v) is 2.85. The smallest absolute Gasteiger partial charge is 0.327 e. The molecule has 0 aromatic heterocycles. The Labute approximate surface area is 74.2 Å². The number of carbonyl (C=O) groups excluding carboxylic acids is 2. The summed E-state index contributed by atoms with van der Waals surface area (Å²) in [7, 11) is 0. The number of hydrogen-bond donors (Lipinski definition) is 0. The van der Waals surface area contributed by atoms with Gasteiger partial charge in [-0.1, -0.05) is 22.9 Å². The molecular formula is C7H11BrO3. The summed E-state index contributed by atoms with van der Waals surface area (Å²) in [6.07, 6.45) is 0.342. The first-order chi connectivity index (χ1) is 5.13. The maximum absolute atomic E-state index is 10.9. The van der Waals surface area contributed by atoms with Crippen LogP contribution in [0.3, 0.4) is 0 Å². The molecule has 0 saturated heterocycles. The van der Waals surface area contributed by atoms with Gasteiger partial charge in [-0.25, -0.2) is 0 Å². The zero-order valence-corrected chi connectivity index (χ0v) is 8.18. The number of alkyl halides is 1. The standard InChI is InChI=1S/C7H11BrO3/c1-3-5(9)6(8)7(10)11-4-2/h6H,3-4H2,1-2H3. The summed E-state index contributed by atoms with van der Waals surface area (Å²) in [6, 6.07) is 0. The van der Waals surface area contributed by atoms with Crippen LogP contribution >= 0.6 is 15.9 Å². The van der Waals surface area contributed by atoms with E-state index in [0.29, 0.717) is 13.0 Å². The van der Waals surface area contributed by atoms with Crippen LogP contribution < -0.4 is 0 Å². The summed E-state index contributed by atoms with van der Waals surface area (Å²) < 4.78 is 4.62. The molecule has 0 spiro atoms. The van der Waals surface area contributed by atoms with Crippen LogP contribution in [0.2, 0.25) is 0 Å². The van der Waals surface area contributed by atoms with Gasteiger partial charge in [0.2, 0.25) is 0 Å². The van der Waals surface area contributed by atoms with Crippen LogP contribution in [0.1, 0.15) is 20.3 Å². The van der Waals surface area contributed by atoms with Gasteiger partial charge in [0.15, 0.2) is 10.6 Å². The minimum Gasteiger partial charge on any atom is -0.465 e. The van der Waals surface area contributed by atoms with Gasteiger partial charge in [-0.2, -0.15) is 0 Å². The number of ketones is 1. The molecular weight excluding hydrogens is 212 g/mol. The largest absolute Gasteiger partial charge is 0.465 e. The average Bonchev–Trinajstić information content (AvgIpc) is 2.02. The molecule has 0 amide bonds. The first-order valence-corrected chi connectivity index (χ1v) is 4.38. The molecule has 11 heavy (non-hydrogen) atoms. The second-order valence-electron chi connectivity index (χ2n) is 1.93. The summed E-state index contributed by atoms with van der Waals surface area (Å²) >= 11 is 2.95. The van der Waals surface area contributed by atoms with Crippen molar-refractivity contribution in [2.75, 3.05) is 6.61 Å². The van der Waals surface area contributed by atoms with Gasteiger partial charge in [-0.3, -0.25) is 9.59 Å². The Morgan fingerprint density at radius 1 is 1.45 bits per heavy atom. The van der Waals surface area contributed by atoms with Crippen LogP contribution in [0.25, 0.3) is 0 Å². The number of ether oxygens (including phenoxy) is 1. The van der Waals surface area contributed by atoms with Crippen molar-refractivity contribution >= 4 is 27.7 Å². The van der Waals surface area contributed by atoms with E-state index in [1.165, 1.54) is 0 Å². The molecule has 0 N–H and O–H groups in total. The van der Waals surface area contributed by atoms with Crippen molar-refractivity contribution in [3.63, 3.8) is 0 Å². The van der Waals surface area contributed by atoms with E-state index in [9.17, 15) is 9.59 Å². The first kappa shape index (κ1) is 10.6. The lowest BCUT2D eigenvalue weighted by atomic mass is 10.2. The first-order valence-electron chi connectivity index (χ1n) is 3.46. The molecule has 0 fully saturated rings. The molecule has 0 heterocycles. The molecule has 0 radical (unpaired) electrons. The van der Waals surface area contributed by atoms with Crippen molar-refractivity contribution in [1.29, 1.82) is 0 Å². The van der Waals surface area contributed by atoms with Crippen molar-refractivity contribution in [3.05, 3.63) is 0 Å². The fraction of sp³-hybridized carbons (Fsp3) is 0.714. The summed E-state index contributed by atoms with van der Waals surface area (Å²) in [5, 5.41) is 0. The lowest BCUT2D eigenvalue weighted by Crippen LogP contribution is -2.25. The Kier molecular flexibility index (Phi) is 5.11. The lowest BCUT2D eigenvalue weighted by Gasteiger charge is -2.05. The predicted octanol–water partition coefficient (Wildman–Crippen LogP) is 1.29. The molecule has 4 heteroatoms. The van der Waals surface area contributed by atoms with Gasteiger partial charge in [-0.15, -0.1) is 0 Å². The fourth-order valence-electron chi connectivity index (χ4n) is 0.526. The van der Waals surface area contributed by atoms with E-state index in [1.54, 1.807) is 13.8 Å². The molecule has 0 rings (SSSR count). The summed E-state index contributed by atoms with van der Waals surface area (Å²) in [4.78, 5) is 20.9. The minimum atomic E-state index is -0.785. The Hall–Kier alpha value is -0.380. The Balaban J connectivity index is 3.91. The quantitative estimate of drug-likeness (QED) is 0.409. The molecule has 3 nitrogen and oxygen atoms in total. The normalized spacial score (nSPS) is 12.3. The zero-order chi connectivity index (χ0) is 8.85. The number of rotatable bonds is 4. The number of hydrogen-bond acceptors (Lipinski definition) is 3. The summed E-state index contributed by atoms with van der Waals surface area (Å²) in [5.74, 6) is -0.650. The monoisotopic (exact) mass is 222 g/mol. The van der Waals surface area contributed by atoms with Crippen molar-refractivity contribution in [2.24, 2.45) is 0 Å². The highest BCUT2D eigenvalue weighted by Crippen LogP contribution is 2.05. The molecule has 0 aromatic carbocycles. The summed E-state index contributed by atoms with van der Waals surface area (Å²) in [6.45, 7) is 3.71. The second kappa shape index (κ2) is 5.29. The number of halogens is 1. The van der Waals surface area contributed by atoms with Gasteiger partial charge < -0.3 is 4.74 Å². The highest BCUT2D eigenvalue weighted by molar-refractivity contribution is 9.10. The average molecular weight is 223 g/mol. The van der Waals surface area contributed by atoms with E-state index in [4.69, 9.17) is 0 Å². The number of carbonyl (C=O) groups is 2. The highest BCUT2D eigenvalue weighted by Gasteiger charge is 2.22. The molecule has 1 atom stereocenters. The van der Waals surface area contributed by atoms with Crippen molar-refractivity contribution in [2.45, 2.75) is 25.1 Å². The van der Waals surface area contributed by atoms with E-state index < -0.39 is 10.8 Å². The Morgan fingerprint density at radius 3 is 2.36 bits per heavy atom. The Bertz CT molecular complexity index is 156. The van der Waals surface area contributed by atoms with Crippen molar-refractivity contribution < 1.29 is 14.3 Å². The molecule has 0 aliphatic heterocycles.